The zero-order valence-corrected chi connectivity index (χ0v) is 8.26. The van der Waals surface area contributed by atoms with Crippen molar-refractivity contribution in [3.05, 3.63) is 28.2 Å². The number of anilines is 1. The first-order valence-corrected chi connectivity index (χ1v) is 5.18. The van der Waals surface area contributed by atoms with Crippen LogP contribution in [0.2, 0.25) is 0 Å². The van der Waals surface area contributed by atoms with Crippen molar-refractivity contribution in [1.82, 2.24) is 0 Å². The van der Waals surface area contributed by atoms with Gasteiger partial charge in [0.05, 0.1) is 0 Å². The van der Waals surface area contributed by atoms with Gasteiger partial charge in [-0.3, -0.25) is 0 Å². The minimum atomic E-state index is 0.844. The first-order valence-electron chi connectivity index (χ1n) is 4.38. The number of fused-ring (bicyclic) bond motifs is 3. The summed E-state index contributed by atoms with van der Waals surface area (Å²) in [6.45, 7) is 1.17. The normalized spacial score (nSPS) is 30.1. The molecule has 2 aliphatic rings. The van der Waals surface area contributed by atoms with Crippen molar-refractivity contribution >= 4 is 21.6 Å². The fourth-order valence-electron chi connectivity index (χ4n) is 2.14. The highest BCUT2D eigenvalue weighted by Crippen LogP contribution is 2.54. The van der Waals surface area contributed by atoms with Gasteiger partial charge < -0.3 is 5.32 Å². The third kappa shape index (κ3) is 0.845. The van der Waals surface area contributed by atoms with Crippen LogP contribution in [0.4, 0.5) is 5.69 Å². The van der Waals surface area contributed by atoms with Gasteiger partial charge in [0.1, 0.15) is 0 Å². The molecule has 1 nitrogen and oxygen atoms in total. The second-order valence-corrected chi connectivity index (χ2v) is 4.54. The van der Waals surface area contributed by atoms with E-state index in [0.29, 0.717) is 0 Å². The molecule has 1 saturated carbocycles. The maximum Gasteiger partial charge on any atom is 0.0387 e. The van der Waals surface area contributed by atoms with Crippen LogP contribution in [-0.2, 0) is 0 Å². The van der Waals surface area contributed by atoms with Gasteiger partial charge in [0.2, 0.25) is 0 Å². The quantitative estimate of drug-likeness (QED) is 0.714. The highest BCUT2D eigenvalue weighted by atomic mass is 79.9. The molecule has 1 aliphatic carbocycles. The van der Waals surface area contributed by atoms with E-state index in [1.165, 1.54) is 28.7 Å². The number of hydrogen-bond acceptors (Lipinski definition) is 1. The molecular formula is C10H10BrN. The van der Waals surface area contributed by atoms with E-state index >= 15 is 0 Å². The maximum absolute atomic E-state index is 3.61. The second-order valence-electron chi connectivity index (χ2n) is 3.68. The molecule has 1 heterocycles. The standard InChI is InChI=1S/C10H10BrN/c11-8-2-1-3-9-10(8)7-4-6(7)5-12-9/h1-3,6-7,12H,4-5H2/t6-,7+/m1/s1. The Hall–Kier alpha value is -0.500. The van der Waals surface area contributed by atoms with Crippen molar-refractivity contribution in [3.63, 3.8) is 0 Å². The van der Waals surface area contributed by atoms with Gasteiger partial charge >= 0.3 is 0 Å². The summed E-state index contributed by atoms with van der Waals surface area (Å²) in [6, 6.07) is 6.41. The van der Waals surface area contributed by atoms with Crippen molar-refractivity contribution in [2.75, 3.05) is 11.9 Å². The van der Waals surface area contributed by atoms with Crippen LogP contribution >= 0.6 is 15.9 Å². The topological polar surface area (TPSA) is 12.0 Å². The zero-order valence-electron chi connectivity index (χ0n) is 6.68. The minimum absolute atomic E-state index is 0.844. The summed E-state index contributed by atoms with van der Waals surface area (Å²) in [4.78, 5) is 0. The molecule has 0 radical (unpaired) electrons. The number of rotatable bonds is 0. The van der Waals surface area contributed by atoms with Gasteiger partial charge in [-0.1, -0.05) is 22.0 Å². The lowest BCUT2D eigenvalue weighted by atomic mass is 10.0. The molecule has 1 fully saturated rings. The molecule has 2 heteroatoms. The van der Waals surface area contributed by atoms with E-state index < -0.39 is 0 Å². The van der Waals surface area contributed by atoms with Crippen LogP contribution in [0.5, 0.6) is 0 Å². The Balaban J connectivity index is 2.19. The average Bonchev–Trinajstić information content (AvgIpc) is 2.82. The molecule has 1 N–H and O–H groups in total. The Kier molecular flexibility index (Phi) is 1.31. The summed E-state index contributed by atoms with van der Waals surface area (Å²) < 4.78 is 1.28. The smallest absolute Gasteiger partial charge is 0.0387 e. The fraction of sp³-hybridized carbons (Fsp3) is 0.400. The van der Waals surface area contributed by atoms with Gasteiger partial charge in [0.15, 0.2) is 0 Å². The number of nitrogens with one attached hydrogen (secondary N) is 1. The highest BCUT2D eigenvalue weighted by Gasteiger charge is 2.43. The molecule has 0 unspecified atom stereocenters. The lowest BCUT2D eigenvalue weighted by molar-refractivity contribution is 0.814. The van der Waals surface area contributed by atoms with Crippen LogP contribution in [0, 0.1) is 5.92 Å². The zero-order chi connectivity index (χ0) is 8.13. The van der Waals surface area contributed by atoms with Gasteiger partial charge in [-0.25, -0.2) is 0 Å². The molecule has 12 heavy (non-hydrogen) atoms. The molecule has 1 aromatic carbocycles. The predicted molar refractivity (Wildman–Crippen MR) is 53.5 cm³/mol. The largest absolute Gasteiger partial charge is 0.384 e. The first kappa shape index (κ1) is 6.96. The van der Waals surface area contributed by atoms with Gasteiger partial charge in [-0.2, -0.15) is 0 Å². The molecule has 62 valence electrons. The third-order valence-electron chi connectivity index (χ3n) is 2.90. The molecule has 0 amide bonds. The van der Waals surface area contributed by atoms with E-state index in [0.717, 1.165) is 11.8 Å². The molecule has 1 aromatic rings. The van der Waals surface area contributed by atoms with Crippen molar-refractivity contribution in [1.29, 1.82) is 0 Å². The van der Waals surface area contributed by atoms with E-state index in [4.69, 9.17) is 0 Å². The molecule has 3 rings (SSSR count). The van der Waals surface area contributed by atoms with Crippen LogP contribution < -0.4 is 5.32 Å². The number of hydrogen-bond donors (Lipinski definition) is 1. The lowest BCUT2D eigenvalue weighted by Gasteiger charge is -2.18. The van der Waals surface area contributed by atoms with E-state index in [2.05, 4.69) is 39.4 Å². The second kappa shape index (κ2) is 2.25. The Morgan fingerprint density at radius 3 is 3.25 bits per heavy atom. The minimum Gasteiger partial charge on any atom is -0.384 e. The SMILES string of the molecule is Brc1cccc2c1[C@H]1C[C@@H]1CN2. The number of halogens is 1. The summed E-state index contributed by atoms with van der Waals surface area (Å²) in [6.07, 6.45) is 1.38. The predicted octanol–water partition coefficient (Wildman–Crippen LogP) is 2.98. The lowest BCUT2D eigenvalue weighted by Crippen LogP contribution is -2.11. The molecule has 0 aromatic heterocycles. The first-order chi connectivity index (χ1) is 5.86. The Morgan fingerprint density at radius 2 is 2.33 bits per heavy atom. The Bertz CT molecular complexity index is 335. The van der Waals surface area contributed by atoms with Crippen molar-refractivity contribution in [2.45, 2.75) is 12.3 Å². The van der Waals surface area contributed by atoms with Gasteiger partial charge in [-0.05, 0) is 36.0 Å². The van der Waals surface area contributed by atoms with E-state index in [1.54, 1.807) is 0 Å². The Morgan fingerprint density at radius 1 is 1.42 bits per heavy atom. The Labute approximate surface area is 80.3 Å². The fourth-order valence-corrected chi connectivity index (χ4v) is 2.80. The van der Waals surface area contributed by atoms with Crippen LogP contribution in [0.25, 0.3) is 0 Å². The maximum atomic E-state index is 3.61. The van der Waals surface area contributed by atoms with E-state index in [1.807, 2.05) is 0 Å². The molecule has 0 spiro atoms. The molecule has 0 bridgehead atoms. The summed E-state index contributed by atoms with van der Waals surface area (Å²) >= 11 is 3.61. The summed E-state index contributed by atoms with van der Waals surface area (Å²) in [5.41, 5.74) is 2.84. The van der Waals surface area contributed by atoms with Crippen molar-refractivity contribution in [2.24, 2.45) is 5.92 Å². The van der Waals surface area contributed by atoms with Crippen LogP contribution in [-0.4, -0.2) is 6.54 Å². The van der Waals surface area contributed by atoms with Crippen LogP contribution in [0.3, 0.4) is 0 Å². The molecule has 2 atom stereocenters. The molecule has 1 aliphatic heterocycles. The molecule has 0 saturated heterocycles. The highest BCUT2D eigenvalue weighted by molar-refractivity contribution is 9.10. The monoisotopic (exact) mass is 223 g/mol. The summed E-state index contributed by atoms with van der Waals surface area (Å²) in [5.74, 6) is 1.76. The van der Waals surface area contributed by atoms with Gasteiger partial charge in [-0.15, -0.1) is 0 Å². The van der Waals surface area contributed by atoms with Gasteiger partial charge in [0.25, 0.3) is 0 Å². The number of benzene rings is 1. The summed E-state index contributed by atoms with van der Waals surface area (Å²) in [5, 5.41) is 3.46. The average molecular weight is 224 g/mol. The van der Waals surface area contributed by atoms with Crippen molar-refractivity contribution < 1.29 is 0 Å². The van der Waals surface area contributed by atoms with Gasteiger partial charge in [0, 0.05) is 16.7 Å². The van der Waals surface area contributed by atoms with Crippen LogP contribution in [0.1, 0.15) is 17.9 Å². The summed E-state index contributed by atoms with van der Waals surface area (Å²) in [7, 11) is 0. The molecular weight excluding hydrogens is 214 g/mol. The van der Waals surface area contributed by atoms with E-state index in [9.17, 15) is 0 Å². The van der Waals surface area contributed by atoms with Crippen molar-refractivity contribution in [3.8, 4) is 0 Å². The third-order valence-corrected chi connectivity index (χ3v) is 3.59. The van der Waals surface area contributed by atoms with Crippen LogP contribution in [0.15, 0.2) is 22.7 Å². The van der Waals surface area contributed by atoms with E-state index in [-0.39, 0.29) is 0 Å².